The SMILES string of the molecule is O=C1c2ncsc2CN1N1C(=O)CCCC1=O. The topological polar surface area (TPSA) is 70.6 Å². The monoisotopic (exact) mass is 251 g/mol. The van der Waals surface area contributed by atoms with E-state index in [1.807, 2.05) is 0 Å². The van der Waals surface area contributed by atoms with Crippen LogP contribution in [0.25, 0.3) is 0 Å². The molecule has 88 valence electrons. The van der Waals surface area contributed by atoms with Crippen molar-refractivity contribution in [2.24, 2.45) is 0 Å². The van der Waals surface area contributed by atoms with E-state index in [1.54, 1.807) is 5.51 Å². The van der Waals surface area contributed by atoms with Crippen molar-refractivity contribution in [3.05, 3.63) is 16.1 Å². The molecule has 7 heteroatoms. The van der Waals surface area contributed by atoms with Gasteiger partial charge in [-0.15, -0.1) is 11.3 Å². The summed E-state index contributed by atoms with van der Waals surface area (Å²) in [6.07, 6.45) is 1.20. The van der Waals surface area contributed by atoms with E-state index in [1.165, 1.54) is 16.3 Å². The van der Waals surface area contributed by atoms with Crippen LogP contribution in [0.2, 0.25) is 0 Å². The molecule has 0 aliphatic carbocycles. The highest BCUT2D eigenvalue weighted by molar-refractivity contribution is 7.10. The third-order valence-corrected chi connectivity index (χ3v) is 3.68. The zero-order valence-corrected chi connectivity index (χ0v) is 9.70. The number of rotatable bonds is 1. The minimum atomic E-state index is -0.357. The summed E-state index contributed by atoms with van der Waals surface area (Å²) in [5.74, 6) is -0.959. The first-order chi connectivity index (χ1) is 8.18. The number of aromatic nitrogens is 1. The number of piperidine rings is 1. The molecular weight excluding hydrogens is 242 g/mol. The Morgan fingerprint density at radius 3 is 2.53 bits per heavy atom. The molecule has 0 unspecified atom stereocenters. The van der Waals surface area contributed by atoms with E-state index < -0.39 is 0 Å². The zero-order chi connectivity index (χ0) is 12.0. The zero-order valence-electron chi connectivity index (χ0n) is 8.88. The van der Waals surface area contributed by atoms with Gasteiger partial charge in [0.25, 0.3) is 5.91 Å². The summed E-state index contributed by atoms with van der Waals surface area (Å²) in [7, 11) is 0. The van der Waals surface area contributed by atoms with Crippen molar-refractivity contribution in [3.63, 3.8) is 0 Å². The molecule has 1 aromatic rings. The maximum Gasteiger partial charge on any atom is 0.293 e. The number of nitrogens with zero attached hydrogens (tertiary/aromatic N) is 3. The summed E-state index contributed by atoms with van der Waals surface area (Å²) in [6, 6.07) is 0. The molecule has 2 aliphatic rings. The number of carbonyl (C=O) groups is 3. The van der Waals surface area contributed by atoms with Crippen molar-refractivity contribution in [2.75, 3.05) is 0 Å². The molecule has 3 amide bonds. The fourth-order valence-corrected chi connectivity index (χ4v) is 2.79. The molecule has 3 rings (SSSR count). The quantitative estimate of drug-likeness (QED) is 0.683. The van der Waals surface area contributed by atoms with E-state index in [2.05, 4.69) is 4.98 Å². The van der Waals surface area contributed by atoms with Gasteiger partial charge in [0.15, 0.2) is 0 Å². The van der Waals surface area contributed by atoms with Gasteiger partial charge in [-0.1, -0.05) is 0 Å². The highest BCUT2D eigenvalue weighted by atomic mass is 32.1. The Kier molecular flexibility index (Phi) is 2.22. The van der Waals surface area contributed by atoms with Crippen LogP contribution in [0, 0.1) is 0 Å². The van der Waals surface area contributed by atoms with Crippen LogP contribution in [0.5, 0.6) is 0 Å². The third kappa shape index (κ3) is 1.46. The van der Waals surface area contributed by atoms with Gasteiger partial charge in [-0.05, 0) is 6.42 Å². The molecule has 0 atom stereocenters. The highest BCUT2D eigenvalue weighted by Gasteiger charge is 2.40. The van der Waals surface area contributed by atoms with Crippen LogP contribution in [-0.2, 0) is 16.1 Å². The number of imide groups is 1. The van der Waals surface area contributed by atoms with Gasteiger partial charge in [0.05, 0.1) is 16.9 Å². The normalized spacial score (nSPS) is 20.1. The molecule has 2 aliphatic heterocycles. The molecule has 0 spiro atoms. The number of fused-ring (bicyclic) bond motifs is 1. The van der Waals surface area contributed by atoms with Crippen LogP contribution in [0.1, 0.15) is 34.6 Å². The lowest BCUT2D eigenvalue weighted by atomic mass is 10.1. The number of hydrogen-bond donors (Lipinski definition) is 0. The fraction of sp³-hybridized carbons (Fsp3) is 0.400. The molecule has 1 saturated heterocycles. The molecular formula is C10H9N3O3S. The molecule has 17 heavy (non-hydrogen) atoms. The van der Waals surface area contributed by atoms with Gasteiger partial charge in [0.1, 0.15) is 5.69 Å². The summed E-state index contributed by atoms with van der Waals surface area (Å²) >= 11 is 1.36. The lowest BCUT2D eigenvalue weighted by Crippen LogP contribution is -2.52. The predicted octanol–water partition coefficient (Wildman–Crippen LogP) is 0.553. The molecule has 0 saturated carbocycles. The van der Waals surface area contributed by atoms with Gasteiger partial charge < -0.3 is 0 Å². The van der Waals surface area contributed by atoms with E-state index in [0.29, 0.717) is 25.0 Å². The van der Waals surface area contributed by atoms with Crippen molar-refractivity contribution in [2.45, 2.75) is 25.8 Å². The predicted molar refractivity (Wildman–Crippen MR) is 57.7 cm³/mol. The van der Waals surface area contributed by atoms with Gasteiger partial charge in [-0.3, -0.25) is 14.4 Å². The minimum Gasteiger partial charge on any atom is -0.273 e. The van der Waals surface area contributed by atoms with Crippen LogP contribution >= 0.6 is 11.3 Å². The van der Waals surface area contributed by atoms with E-state index in [-0.39, 0.29) is 24.3 Å². The summed E-state index contributed by atoms with van der Waals surface area (Å²) in [5.41, 5.74) is 1.96. The Balaban J connectivity index is 1.91. The maximum atomic E-state index is 12.0. The smallest absolute Gasteiger partial charge is 0.273 e. The standard InChI is InChI=1S/C10H9N3O3S/c14-7-2-1-3-8(15)13(7)12-4-6-9(10(12)16)11-5-17-6/h5H,1-4H2. The van der Waals surface area contributed by atoms with Gasteiger partial charge in [0, 0.05) is 12.8 Å². The number of thiazole rings is 1. The fourth-order valence-electron chi connectivity index (χ4n) is 2.06. The molecule has 0 bridgehead atoms. The van der Waals surface area contributed by atoms with Crippen LogP contribution in [-0.4, -0.2) is 32.7 Å². The van der Waals surface area contributed by atoms with Crippen molar-refractivity contribution < 1.29 is 14.4 Å². The first-order valence-corrected chi connectivity index (χ1v) is 6.16. The summed E-state index contributed by atoms with van der Waals surface area (Å²) in [5, 5.41) is 2.19. The Labute approximate surface area is 101 Å². The first-order valence-electron chi connectivity index (χ1n) is 5.28. The summed E-state index contributed by atoms with van der Waals surface area (Å²) in [6.45, 7) is 0.274. The number of hydrazine groups is 1. The number of amides is 3. The van der Waals surface area contributed by atoms with Crippen LogP contribution in [0.4, 0.5) is 0 Å². The first kappa shape index (κ1) is 10.4. The second-order valence-electron chi connectivity index (χ2n) is 3.94. The van der Waals surface area contributed by atoms with Crippen LogP contribution < -0.4 is 0 Å². The average molecular weight is 251 g/mol. The Hall–Kier alpha value is -1.76. The van der Waals surface area contributed by atoms with Gasteiger partial charge in [-0.25, -0.2) is 9.99 Å². The third-order valence-electron chi connectivity index (χ3n) is 2.87. The van der Waals surface area contributed by atoms with Crippen molar-refractivity contribution >= 4 is 29.1 Å². The lowest BCUT2D eigenvalue weighted by molar-refractivity contribution is -0.163. The number of hydrogen-bond acceptors (Lipinski definition) is 5. The van der Waals surface area contributed by atoms with Crippen molar-refractivity contribution in [3.8, 4) is 0 Å². The minimum absolute atomic E-state index is 0.274. The van der Waals surface area contributed by atoms with Crippen molar-refractivity contribution in [1.29, 1.82) is 0 Å². The van der Waals surface area contributed by atoms with E-state index in [4.69, 9.17) is 0 Å². The molecule has 3 heterocycles. The van der Waals surface area contributed by atoms with Crippen LogP contribution in [0.15, 0.2) is 5.51 Å². The molecule has 1 aromatic heterocycles. The Bertz CT molecular complexity index is 509. The molecule has 6 nitrogen and oxygen atoms in total. The highest BCUT2D eigenvalue weighted by Crippen LogP contribution is 2.28. The van der Waals surface area contributed by atoms with Gasteiger partial charge in [0.2, 0.25) is 11.8 Å². The molecule has 0 aromatic carbocycles. The average Bonchev–Trinajstić information content (AvgIpc) is 2.84. The largest absolute Gasteiger partial charge is 0.293 e. The summed E-state index contributed by atoms with van der Waals surface area (Å²) in [4.78, 5) is 40.1. The van der Waals surface area contributed by atoms with Crippen molar-refractivity contribution in [1.82, 2.24) is 15.0 Å². The molecule has 1 fully saturated rings. The summed E-state index contributed by atoms with van der Waals surface area (Å²) < 4.78 is 0. The molecule has 0 N–H and O–H groups in total. The Morgan fingerprint density at radius 2 is 1.88 bits per heavy atom. The lowest BCUT2D eigenvalue weighted by Gasteiger charge is -2.32. The Morgan fingerprint density at radius 1 is 1.18 bits per heavy atom. The van der Waals surface area contributed by atoms with Crippen LogP contribution in [0.3, 0.4) is 0 Å². The van der Waals surface area contributed by atoms with E-state index in [9.17, 15) is 14.4 Å². The number of carbonyl (C=O) groups excluding carboxylic acids is 3. The van der Waals surface area contributed by atoms with Gasteiger partial charge >= 0.3 is 0 Å². The maximum absolute atomic E-state index is 12.0. The second kappa shape index (κ2) is 3.63. The van der Waals surface area contributed by atoms with Gasteiger partial charge in [-0.2, -0.15) is 5.01 Å². The molecule has 0 radical (unpaired) electrons. The second-order valence-corrected chi connectivity index (χ2v) is 4.88. The van der Waals surface area contributed by atoms with E-state index >= 15 is 0 Å². The van der Waals surface area contributed by atoms with E-state index in [0.717, 1.165) is 9.89 Å².